The van der Waals surface area contributed by atoms with Crippen molar-refractivity contribution in [2.45, 2.75) is 43.4 Å². The molecule has 2 atom stereocenters. The first-order valence-corrected chi connectivity index (χ1v) is 12.9. The van der Waals surface area contributed by atoms with Gasteiger partial charge in [-0.05, 0) is 60.9 Å². The van der Waals surface area contributed by atoms with Crippen LogP contribution in [0.15, 0.2) is 78.9 Å². The average Bonchev–Trinajstić information content (AvgIpc) is 2.95. The van der Waals surface area contributed by atoms with E-state index in [-0.39, 0.29) is 54.5 Å². The first-order valence-electron chi connectivity index (χ1n) is 12.9. The van der Waals surface area contributed by atoms with E-state index < -0.39 is 41.9 Å². The highest BCUT2D eigenvalue weighted by atomic mass is 35.5. The van der Waals surface area contributed by atoms with Gasteiger partial charge in [-0.15, -0.1) is 12.4 Å². The van der Waals surface area contributed by atoms with Crippen LogP contribution in [0.1, 0.15) is 24.5 Å². The van der Waals surface area contributed by atoms with Crippen molar-refractivity contribution < 1.29 is 50.9 Å². The number of hydrogen-bond acceptors (Lipinski definition) is 6. The molecule has 0 aliphatic rings. The highest BCUT2D eigenvalue weighted by Crippen LogP contribution is 2.36. The van der Waals surface area contributed by atoms with Crippen molar-refractivity contribution in [1.82, 2.24) is 5.32 Å². The Kier molecular flexibility index (Phi) is 12.6. The number of halogens is 7. The number of carbonyl (C=O) groups is 2. The van der Waals surface area contributed by atoms with Crippen LogP contribution >= 0.6 is 12.4 Å². The van der Waals surface area contributed by atoms with Crippen molar-refractivity contribution in [1.29, 1.82) is 0 Å². The minimum Gasteiger partial charge on any atom is -0.491 e. The zero-order valence-electron chi connectivity index (χ0n) is 23.1. The monoisotopic (exact) mass is 649 g/mol. The summed E-state index contributed by atoms with van der Waals surface area (Å²) in [5.74, 6) is -3.80. The number of benzene rings is 3. The van der Waals surface area contributed by atoms with E-state index in [2.05, 4.69) is 5.32 Å². The summed E-state index contributed by atoms with van der Waals surface area (Å²) in [4.78, 5) is 22.6. The van der Waals surface area contributed by atoms with E-state index in [0.29, 0.717) is 5.75 Å². The fourth-order valence-corrected chi connectivity index (χ4v) is 4.09. The number of ether oxygens (including phenoxy) is 1. The van der Waals surface area contributed by atoms with Gasteiger partial charge in [0.2, 0.25) is 0 Å². The quantitative estimate of drug-likeness (QED) is 0.173. The fourth-order valence-electron chi connectivity index (χ4n) is 4.09. The highest BCUT2D eigenvalue weighted by Gasteiger charge is 2.40. The molecule has 44 heavy (non-hydrogen) atoms. The molecule has 0 aliphatic heterocycles. The molecule has 2 amide bonds. The summed E-state index contributed by atoms with van der Waals surface area (Å²) in [6.07, 6.45) is -11.2. The molecule has 3 aromatic rings. The molecule has 1 unspecified atom stereocenters. The lowest BCUT2D eigenvalue weighted by Crippen LogP contribution is -2.41. The highest BCUT2D eigenvalue weighted by molar-refractivity contribution is 5.95. The Bertz CT molecular complexity index is 1290. The van der Waals surface area contributed by atoms with Gasteiger partial charge in [0.25, 0.3) is 0 Å². The van der Waals surface area contributed by atoms with Gasteiger partial charge in [-0.25, -0.2) is 0 Å². The SMILES string of the molecule is CC(CC(O)(c1ccc(NC(=O)C(F)(F)F)cc1)c1ccc(NC(=O)C(F)(F)F)cc1)NC[C@H](O)COc1ccccc1.Cl. The van der Waals surface area contributed by atoms with E-state index in [1.807, 2.05) is 6.07 Å². The Hall–Kier alpha value is -3.85. The van der Waals surface area contributed by atoms with Crippen LogP contribution in [-0.4, -0.2) is 59.7 Å². The Morgan fingerprint density at radius 3 is 1.61 bits per heavy atom. The van der Waals surface area contributed by atoms with Crippen LogP contribution in [0.5, 0.6) is 5.75 Å². The van der Waals surface area contributed by atoms with Crippen molar-refractivity contribution in [3.63, 3.8) is 0 Å². The molecule has 8 nitrogen and oxygen atoms in total. The molecule has 0 saturated heterocycles. The number of carbonyl (C=O) groups excluding carboxylic acids is 2. The fraction of sp³-hybridized carbons (Fsp3) is 0.310. The third kappa shape index (κ3) is 10.4. The van der Waals surface area contributed by atoms with Gasteiger partial charge in [0.1, 0.15) is 24.1 Å². The summed E-state index contributed by atoms with van der Waals surface area (Å²) >= 11 is 0. The van der Waals surface area contributed by atoms with Crippen LogP contribution in [0.3, 0.4) is 0 Å². The summed E-state index contributed by atoms with van der Waals surface area (Å²) in [6, 6.07) is 18.1. The molecule has 0 aromatic heterocycles. The van der Waals surface area contributed by atoms with Crippen molar-refractivity contribution in [3.8, 4) is 5.75 Å². The smallest absolute Gasteiger partial charge is 0.471 e. The molecule has 0 aliphatic carbocycles. The predicted octanol–water partition coefficient (Wildman–Crippen LogP) is 5.15. The second-order valence-corrected chi connectivity index (χ2v) is 9.71. The molecule has 0 spiro atoms. The summed E-state index contributed by atoms with van der Waals surface area (Å²) < 4.78 is 81.3. The first kappa shape index (κ1) is 36.3. The molecule has 0 heterocycles. The molecule has 240 valence electrons. The maximum absolute atomic E-state index is 12.6. The van der Waals surface area contributed by atoms with Gasteiger partial charge in [-0.1, -0.05) is 42.5 Å². The van der Waals surface area contributed by atoms with E-state index in [1.165, 1.54) is 24.3 Å². The lowest BCUT2D eigenvalue weighted by molar-refractivity contribution is -0.167. The summed E-state index contributed by atoms with van der Waals surface area (Å²) in [6.45, 7) is 1.74. The summed E-state index contributed by atoms with van der Waals surface area (Å²) in [5.41, 5.74) is -1.85. The number of anilines is 2. The number of amides is 2. The molecule has 3 aromatic carbocycles. The van der Waals surface area contributed by atoms with Crippen molar-refractivity contribution >= 4 is 35.6 Å². The molecule has 5 N–H and O–H groups in total. The second-order valence-electron chi connectivity index (χ2n) is 9.71. The third-order valence-electron chi connectivity index (χ3n) is 6.24. The first-order chi connectivity index (χ1) is 20.1. The number of hydrogen-bond donors (Lipinski definition) is 5. The molecule has 3 rings (SSSR count). The largest absolute Gasteiger partial charge is 0.491 e. The molecule has 0 radical (unpaired) electrons. The van der Waals surface area contributed by atoms with Gasteiger partial charge in [-0.3, -0.25) is 9.59 Å². The van der Waals surface area contributed by atoms with E-state index in [0.717, 1.165) is 24.3 Å². The molecule has 15 heteroatoms. The van der Waals surface area contributed by atoms with Gasteiger partial charge in [0.05, 0.1) is 0 Å². The number of nitrogens with one attached hydrogen (secondary N) is 3. The zero-order chi connectivity index (χ0) is 31.8. The molecule has 0 bridgehead atoms. The Labute approximate surface area is 254 Å². The maximum atomic E-state index is 12.6. The van der Waals surface area contributed by atoms with E-state index in [4.69, 9.17) is 4.74 Å². The van der Waals surface area contributed by atoms with Crippen molar-refractivity contribution in [2.24, 2.45) is 0 Å². The van der Waals surface area contributed by atoms with E-state index in [1.54, 1.807) is 41.8 Å². The average molecular weight is 650 g/mol. The minimum atomic E-state index is -5.11. The lowest BCUT2D eigenvalue weighted by atomic mass is 9.81. The van der Waals surface area contributed by atoms with Gasteiger partial charge in [-0.2, -0.15) is 26.3 Å². The zero-order valence-corrected chi connectivity index (χ0v) is 23.9. The maximum Gasteiger partial charge on any atom is 0.471 e. The minimum absolute atomic E-state index is 0. The van der Waals surface area contributed by atoms with Crippen molar-refractivity contribution in [3.05, 3.63) is 90.0 Å². The Morgan fingerprint density at radius 1 is 0.773 bits per heavy atom. The van der Waals surface area contributed by atoms with Crippen LogP contribution in [0.4, 0.5) is 37.7 Å². The van der Waals surface area contributed by atoms with Crippen LogP contribution < -0.4 is 20.7 Å². The number of alkyl halides is 6. The van der Waals surface area contributed by atoms with Crippen LogP contribution in [0, 0.1) is 0 Å². The van der Waals surface area contributed by atoms with Crippen LogP contribution in [0.25, 0.3) is 0 Å². The predicted molar refractivity (Wildman–Crippen MR) is 153 cm³/mol. The topological polar surface area (TPSA) is 120 Å². The summed E-state index contributed by atoms with van der Waals surface area (Å²) in [7, 11) is 0. The molecule has 0 saturated carbocycles. The van der Waals surface area contributed by atoms with Crippen LogP contribution in [0.2, 0.25) is 0 Å². The summed E-state index contributed by atoms with van der Waals surface area (Å²) in [5, 5.41) is 28.7. The standard InChI is InChI=1S/C29H29F6N3O5.ClH/c1-18(36-16-23(39)17-43-24-5-3-2-4-6-24)15-27(42,19-7-11-21(12-8-19)37-25(40)28(30,31)32)20-9-13-22(14-10-20)38-26(41)29(33,34)35;/h2-14,18,23,36,39,42H,15-17H2,1H3,(H,37,40)(H,38,41);1H/t18?,23-;/m0./s1. The third-order valence-corrected chi connectivity index (χ3v) is 6.24. The van der Waals surface area contributed by atoms with E-state index >= 15 is 0 Å². The molecular formula is C29H30ClF6N3O5. The Balaban J connectivity index is 0.00000675. The van der Waals surface area contributed by atoms with Gasteiger partial charge in [0, 0.05) is 24.0 Å². The number of para-hydroxylation sites is 1. The number of rotatable bonds is 12. The molecule has 0 fully saturated rings. The van der Waals surface area contributed by atoms with Gasteiger partial charge >= 0.3 is 24.2 Å². The van der Waals surface area contributed by atoms with Crippen molar-refractivity contribution in [2.75, 3.05) is 23.8 Å². The molecular weight excluding hydrogens is 620 g/mol. The number of aliphatic hydroxyl groups excluding tert-OH is 1. The van der Waals surface area contributed by atoms with E-state index in [9.17, 15) is 46.1 Å². The van der Waals surface area contributed by atoms with Gasteiger partial charge < -0.3 is 30.9 Å². The van der Waals surface area contributed by atoms with Crippen LogP contribution in [-0.2, 0) is 15.2 Å². The lowest BCUT2D eigenvalue weighted by Gasteiger charge is -2.33. The Morgan fingerprint density at radius 2 is 1.20 bits per heavy atom. The second kappa shape index (κ2) is 15.2. The van der Waals surface area contributed by atoms with Gasteiger partial charge in [0.15, 0.2) is 0 Å². The normalized spacial score (nSPS) is 13.3. The number of aliphatic hydroxyl groups is 2.